The highest BCUT2D eigenvalue weighted by Crippen LogP contribution is 2.39. The molecule has 5 heteroatoms. The van der Waals surface area contributed by atoms with Gasteiger partial charge in [0.05, 0.1) is 5.02 Å². The van der Waals surface area contributed by atoms with Gasteiger partial charge in [0.25, 0.3) is 0 Å². The van der Waals surface area contributed by atoms with Gasteiger partial charge in [-0.3, -0.25) is 0 Å². The first-order valence-corrected chi connectivity index (χ1v) is 7.67. The summed E-state index contributed by atoms with van der Waals surface area (Å²) in [6, 6.07) is 2.37. The molecule has 3 nitrogen and oxygen atoms in total. The summed E-state index contributed by atoms with van der Waals surface area (Å²) in [5.41, 5.74) is 0.401. The van der Waals surface area contributed by atoms with Gasteiger partial charge < -0.3 is 10.6 Å². The zero-order valence-corrected chi connectivity index (χ0v) is 12.5. The average Bonchev–Trinajstić information content (AvgIpc) is 2.31. The fourth-order valence-electron chi connectivity index (χ4n) is 2.98. The summed E-state index contributed by atoms with van der Waals surface area (Å²) in [5.74, 6) is 0.807. The molecule has 98 valence electrons. The second-order valence-corrected chi connectivity index (χ2v) is 6.70. The van der Waals surface area contributed by atoms with Crippen molar-refractivity contribution >= 4 is 33.3 Å². The molecule has 1 aliphatic carbocycles. The Labute approximate surface area is 121 Å². The zero-order valence-electron chi connectivity index (χ0n) is 10.2. The van der Waals surface area contributed by atoms with Gasteiger partial charge >= 0.3 is 0 Å². The number of nitrogens with one attached hydrogen (secondary N) is 2. The SMILES string of the molecule is Clc1cc(Br)cnc1NC1CCNC2(CCC2)C1. The van der Waals surface area contributed by atoms with Crippen molar-refractivity contribution in [3.8, 4) is 0 Å². The lowest BCUT2D eigenvalue weighted by atomic mass is 9.70. The largest absolute Gasteiger partial charge is 0.366 e. The zero-order chi connectivity index (χ0) is 12.6. The summed E-state index contributed by atoms with van der Waals surface area (Å²) >= 11 is 9.57. The van der Waals surface area contributed by atoms with Crippen molar-refractivity contribution in [3.63, 3.8) is 0 Å². The second-order valence-electron chi connectivity index (χ2n) is 5.38. The van der Waals surface area contributed by atoms with E-state index in [2.05, 4.69) is 31.5 Å². The van der Waals surface area contributed by atoms with Crippen LogP contribution in [0.25, 0.3) is 0 Å². The molecule has 0 radical (unpaired) electrons. The molecular weight excluding hydrogens is 314 g/mol. The Morgan fingerprint density at radius 1 is 1.50 bits per heavy atom. The molecule has 2 fully saturated rings. The minimum absolute atomic E-state index is 0.401. The molecule has 1 aromatic heterocycles. The van der Waals surface area contributed by atoms with E-state index in [9.17, 15) is 0 Å². The van der Waals surface area contributed by atoms with Crippen LogP contribution in [0.5, 0.6) is 0 Å². The lowest BCUT2D eigenvalue weighted by Crippen LogP contribution is -2.58. The summed E-state index contributed by atoms with van der Waals surface area (Å²) in [4.78, 5) is 4.35. The first kappa shape index (κ1) is 12.7. The van der Waals surface area contributed by atoms with Gasteiger partial charge in [-0.25, -0.2) is 4.98 Å². The van der Waals surface area contributed by atoms with Crippen molar-refractivity contribution in [2.24, 2.45) is 0 Å². The van der Waals surface area contributed by atoms with Crippen LogP contribution in [0.3, 0.4) is 0 Å². The predicted octanol–water partition coefficient (Wildman–Crippen LogP) is 3.58. The van der Waals surface area contributed by atoms with E-state index in [0.29, 0.717) is 16.6 Å². The Morgan fingerprint density at radius 3 is 3.00 bits per heavy atom. The van der Waals surface area contributed by atoms with Gasteiger partial charge in [-0.05, 0) is 60.6 Å². The number of halogens is 2. The van der Waals surface area contributed by atoms with Crippen LogP contribution >= 0.6 is 27.5 Å². The molecule has 1 saturated carbocycles. The maximum Gasteiger partial charge on any atom is 0.145 e. The normalized spacial score (nSPS) is 25.8. The Morgan fingerprint density at radius 2 is 2.33 bits per heavy atom. The Kier molecular flexibility index (Phi) is 3.52. The predicted molar refractivity (Wildman–Crippen MR) is 78.2 cm³/mol. The van der Waals surface area contributed by atoms with Crippen molar-refractivity contribution in [2.45, 2.75) is 43.7 Å². The second kappa shape index (κ2) is 4.99. The molecule has 18 heavy (non-hydrogen) atoms. The molecule has 0 amide bonds. The highest BCUT2D eigenvalue weighted by Gasteiger charge is 2.40. The first-order valence-electron chi connectivity index (χ1n) is 6.50. The molecular formula is C13H17BrClN3. The molecule has 1 unspecified atom stereocenters. The van der Waals surface area contributed by atoms with Crippen molar-refractivity contribution in [1.29, 1.82) is 0 Å². The fraction of sp³-hybridized carbons (Fsp3) is 0.615. The van der Waals surface area contributed by atoms with Crippen molar-refractivity contribution in [2.75, 3.05) is 11.9 Å². The number of aromatic nitrogens is 1. The maximum absolute atomic E-state index is 6.20. The standard InChI is InChI=1S/C13H17BrClN3/c14-9-6-11(15)12(16-8-9)18-10-2-5-17-13(7-10)3-1-4-13/h6,8,10,17H,1-5,7H2,(H,16,18). The molecule has 0 bridgehead atoms. The Balaban J connectivity index is 1.68. The summed E-state index contributed by atoms with van der Waals surface area (Å²) in [5, 5.41) is 7.85. The van der Waals surface area contributed by atoms with Crippen LogP contribution in [0.2, 0.25) is 5.02 Å². The molecule has 1 spiro atoms. The van der Waals surface area contributed by atoms with Crippen LogP contribution in [0.4, 0.5) is 5.82 Å². The maximum atomic E-state index is 6.20. The smallest absolute Gasteiger partial charge is 0.145 e. The third-order valence-corrected chi connectivity index (χ3v) is 4.81. The summed E-state index contributed by atoms with van der Waals surface area (Å²) < 4.78 is 0.916. The molecule has 1 atom stereocenters. The third-order valence-electron chi connectivity index (χ3n) is 4.09. The Bertz CT molecular complexity index is 448. The number of pyridine rings is 1. The number of hydrogen-bond donors (Lipinski definition) is 2. The van der Waals surface area contributed by atoms with E-state index in [1.165, 1.54) is 25.7 Å². The summed E-state index contributed by atoms with van der Waals surface area (Å²) in [7, 11) is 0. The fourth-order valence-corrected chi connectivity index (χ4v) is 3.66. The molecule has 3 rings (SSSR count). The molecule has 1 aliphatic heterocycles. The van der Waals surface area contributed by atoms with Crippen molar-refractivity contribution < 1.29 is 0 Å². The lowest BCUT2D eigenvalue weighted by molar-refractivity contribution is 0.135. The number of piperidine rings is 1. The summed E-state index contributed by atoms with van der Waals surface area (Å²) in [6.07, 6.45) is 8.08. The molecule has 2 heterocycles. The van der Waals surface area contributed by atoms with Crippen LogP contribution in [0, 0.1) is 0 Å². The van der Waals surface area contributed by atoms with Gasteiger partial charge in [0.15, 0.2) is 0 Å². The first-order chi connectivity index (χ1) is 8.67. The summed E-state index contributed by atoms with van der Waals surface area (Å²) in [6.45, 7) is 1.09. The molecule has 2 N–H and O–H groups in total. The highest BCUT2D eigenvalue weighted by molar-refractivity contribution is 9.10. The molecule has 2 aliphatic rings. The number of anilines is 1. The van der Waals surface area contributed by atoms with E-state index >= 15 is 0 Å². The van der Waals surface area contributed by atoms with Crippen LogP contribution in [-0.2, 0) is 0 Å². The minimum Gasteiger partial charge on any atom is -0.366 e. The topological polar surface area (TPSA) is 37.0 Å². The average molecular weight is 331 g/mol. The van der Waals surface area contributed by atoms with Gasteiger partial charge in [-0.1, -0.05) is 11.6 Å². The van der Waals surface area contributed by atoms with E-state index in [1.807, 2.05) is 6.07 Å². The van der Waals surface area contributed by atoms with E-state index in [-0.39, 0.29) is 0 Å². The van der Waals surface area contributed by atoms with Crippen molar-refractivity contribution in [1.82, 2.24) is 10.3 Å². The van der Waals surface area contributed by atoms with Gasteiger partial charge in [0.2, 0.25) is 0 Å². The highest BCUT2D eigenvalue weighted by atomic mass is 79.9. The molecule has 1 aromatic rings. The molecule has 0 aromatic carbocycles. The minimum atomic E-state index is 0.401. The van der Waals surface area contributed by atoms with Crippen LogP contribution < -0.4 is 10.6 Å². The number of hydrogen-bond acceptors (Lipinski definition) is 3. The van der Waals surface area contributed by atoms with E-state index in [1.54, 1.807) is 6.20 Å². The van der Waals surface area contributed by atoms with E-state index in [0.717, 1.165) is 23.3 Å². The Hall–Kier alpha value is -0.320. The molecule has 1 saturated heterocycles. The third kappa shape index (κ3) is 2.51. The van der Waals surface area contributed by atoms with E-state index in [4.69, 9.17) is 11.6 Å². The van der Waals surface area contributed by atoms with Gasteiger partial charge in [0, 0.05) is 22.3 Å². The quantitative estimate of drug-likeness (QED) is 0.870. The lowest BCUT2D eigenvalue weighted by Gasteiger charge is -2.48. The van der Waals surface area contributed by atoms with Gasteiger partial charge in [-0.15, -0.1) is 0 Å². The van der Waals surface area contributed by atoms with Gasteiger partial charge in [-0.2, -0.15) is 0 Å². The van der Waals surface area contributed by atoms with Crippen molar-refractivity contribution in [3.05, 3.63) is 21.8 Å². The van der Waals surface area contributed by atoms with Crippen LogP contribution in [0.15, 0.2) is 16.7 Å². The van der Waals surface area contributed by atoms with Crippen LogP contribution in [-0.4, -0.2) is 23.1 Å². The van der Waals surface area contributed by atoms with Gasteiger partial charge in [0.1, 0.15) is 5.82 Å². The monoisotopic (exact) mass is 329 g/mol. The number of rotatable bonds is 2. The van der Waals surface area contributed by atoms with Crippen LogP contribution in [0.1, 0.15) is 32.1 Å². The van der Waals surface area contributed by atoms with E-state index < -0.39 is 0 Å². The number of nitrogens with zero attached hydrogens (tertiary/aromatic N) is 1.